The highest BCUT2D eigenvalue weighted by molar-refractivity contribution is 5.79. The first-order valence-electron chi connectivity index (χ1n) is 10.1. The van der Waals surface area contributed by atoms with Crippen molar-refractivity contribution in [2.24, 2.45) is 5.92 Å². The van der Waals surface area contributed by atoms with Crippen LogP contribution in [0.15, 0.2) is 48.5 Å². The average Bonchev–Trinajstić information content (AvgIpc) is 3.04. The van der Waals surface area contributed by atoms with Crippen molar-refractivity contribution in [1.29, 1.82) is 0 Å². The van der Waals surface area contributed by atoms with Crippen LogP contribution in [0.25, 0.3) is 11.1 Å². The molecule has 6 nitrogen and oxygen atoms in total. The highest BCUT2D eigenvalue weighted by Crippen LogP contribution is 2.44. The average molecular weight is 394 g/mol. The summed E-state index contributed by atoms with van der Waals surface area (Å²) in [7, 11) is 0. The van der Waals surface area contributed by atoms with E-state index in [2.05, 4.69) is 29.6 Å². The number of piperidine rings is 1. The van der Waals surface area contributed by atoms with Gasteiger partial charge in [-0.05, 0) is 47.6 Å². The highest BCUT2D eigenvalue weighted by atomic mass is 16.5. The van der Waals surface area contributed by atoms with Gasteiger partial charge in [0.15, 0.2) is 0 Å². The molecule has 1 atom stereocenters. The van der Waals surface area contributed by atoms with Crippen molar-refractivity contribution in [1.82, 2.24) is 10.2 Å². The van der Waals surface area contributed by atoms with Crippen molar-refractivity contribution in [3.63, 3.8) is 0 Å². The third-order valence-corrected chi connectivity index (χ3v) is 5.84. The number of nitrogens with one attached hydrogen (secondary N) is 1. The van der Waals surface area contributed by atoms with E-state index in [0.29, 0.717) is 19.7 Å². The van der Waals surface area contributed by atoms with Crippen LogP contribution in [0.2, 0.25) is 0 Å². The number of benzene rings is 2. The van der Waals surface area contributed by atoms with Crippen LogP contribution >= 0.6 is 0 Å². The summed E-state index contributed by atoms with van der Waals surface area (Å²) in [5.41, 5.74) is 4.80. The lowest BCUT2D eigenvalue weighted by Gasteiger charge is -2.31. The molecule has 1 aliphatic carbocycles. The second-order valence-electron chi connectivity index (χ2n) is 7.84. The number of rotatable bonds is 6. The molecule has 29 heavy (non-hydrogen) atoms. The number of carboxylic acid groups (broad SMARTS) is 1. The maximum atomic E-state index is 12.3. The summed E-state index contributed by atoms with van der Waals surface area (Å²) >= 11 is 0. The van der Waals surface area contributed by atoms with Crippen LogP contribution < -0.4 is 5.32 Å². The summed E-state index contributed by atoms with van der Waals surface area (Å²) in [4.78, 5) is 25.1. The lowest BCUT2D eigenvalue weighted by atomic mass is 9.98. The molecular weight excluding hydrogens is 368 g/mol. The number of likely N-dealkylation sites (tertiary alicyclic amines) is 1. The second-order valence-corrected chi connectivity index (χ2v) is 7.84. The third kappa shape index (κ3) is 4.43. The summed E-state index contributed by atoms with van der Waals surface area (Å²) in [6.45, 7) is 2.35. The molecule has 2 N–H and O–H groups in total. The van der Waals surface area contributed by atoms with Gasteiger partial charge < -0.3 is 15.2 Å². The quantitative estimate of drug-likeness (QED) is 0.786. The number of amides is 1. The standard InChI is InChI=1S/C23H26N2O4/c26-22(27)14-25-11-5-6-16(13-25)12-24-23(28)29-15-21-19-9-3-1-7-17(19)18-8-2-4-10-20(18)21/h1-4,7-10,16,21H,5-6,11-15H2,(H,24,28)(H,26,27). The SMILES string of the molecule is O=C(O)CN1CCCC(CNC(=O)OCC2c3ccccc3-c3ccccc32)C1. The molecule has 0 saturated carbocycles. The molecule has 2 aromatic rings. The van der Waals surface area contributed by atoms with Crippen molar-refractivity contribution in [3.8, 4) is 11.1 Å². The summed E-state index contributed by atoms with van der Waals surface area (Å²) in [6.07, 6.45) is 1.52. The molecule has 4 rings (SSSR count). The maximum absolute atomic E-state index is 12.3. The lowest BCUT2D eigenvalue weighted by Crippen LogP contribution is -2.43. The Morgan fingerprint density at radius 1 is 1.07 bits per heavy atom. The van der Waals surface area contributed by atoms with Gasteiger partial charge in [-0.3, -0.25) is 9.69 Å². The van der Waals surface area contributed by atoms with Crippen LogP contribution in [0.5, 0.6) is 0 Å². The van der Waals surface area contributed by atoms with E-state index in [-0.39, 0.29) is 18.4 Å². The minimum atomic E-state index is -0.810. The summed E-state index contributed by atoms with van der Waals surface area (Å²) < 4.78 is 5.56. The molecule has 2 aliphatic rings. The molecule has 0 bridgehead atoms. The van der Waals surface area contributed by atoms with Crippen LogP contribution in [-0.2, 0) is 9.53 Å². The molecule has 1 aliphatic heterocycles. The zero-order chi connectivity index (χ0) is 20.2. The topological polar surface area (TPSA) is 78.9 Å². The fraction of sp³-hybridized carbons (Fsp3) is 0.391. The zero-order valence-corrected chi connectivity index (χ0v) is 16.3. The van der Waals surface area contributed by atoms with E-state index in [1.54, 1.807) is 0 Å². The van der Waals surface area contributed by atoms with E-state index in [1.807, 2.05) is 29.2 Å². The number of aliphatic carboxylic acids is 1. The van der Waals surface area contributed by atoms with Crippen LogP contribution in [0.4, 0.5) is 4.79 Å². The Bertz CT molecular complexity index is 852. The molecule has 1 fully saturated rings. The fourth-order valence-corrected chi connectivity index (χ4v) is 4.53. The molecule has 1 amide bonds. The molecule has 0 aromatic heterocycles. The number of nitrogens with zero attached hydrogens (tertiary/aromatic N) is 1. The molecule has 0 spiro atoms. The molecule has 1 heterocycles. The van der Waals surface area contributed by atoms with E-state index in [4.69, 9.17) is 9.84 Å². The van der Waals surface area contributed by atoms with Gasteiger partial charge in [0.1, 0.15) is 6.61 Å². The lowest BCUT2D eigenvalue weighted by molar-refractivity contribution is -0.138. The minimum Gasteiger partial charge on any atom is -0.480 e. The Hall–Kier alpha value is -2.86. The monoisotopic (exact) mass is 394 g/mol. The van der Waals surface area contributed by atoms with Crippen molar-refractivity contribution in [2.75, 3.05) is 32.8 Å². The summed E-state index contributed by atoms with van der Waals surface area (Å²) in [6, 6.07) is 16.5. The van der Waals surface area contributed by atoms with E-state index < -0.39 is 12.1 Å². The first-order chi connectivity index (χ1) is 14.1. The zero-order valence-electron chi connectivity index (χ0n) is 16.3. The van der Waals surface area contributed by atoms with E-state index >= 15 is 0 Å². The van der Waals surface area contributed by atoms with Gasteiger partial charge >= 0.3 is 12.1 Å². The number of hydrogen-bond donors (Lipinski definition) is 2. The molecule has 0 radical (unpaired) electrons. The number of carbonyl (C=O) groups is 2. The van der Waals surface area contributed by atoms with Crippen molar-refractivity contribution >= 4 is 12.1 Å². The van der Waals surface area contributed by atoms with Crippen LogP contribution in [0.3, 0.4) is 0 Å². The van der Waals surface area contributed by atoms with Crippen molar-refractivity contribution < 1.29 is 19.4 Å². The molecule has 6 heteroatoms. The van der Waals surface area contributed by atoms with E-state index in [9.17, 15) is 9.59 Å². The number of fused-ring (bicyclic) bond motifs is 3. The number of ether oxygens (including phenoxy) is 1. The molecule has 1 unspecified atom stereocenters. The number of carbonyl (C=O) groups excluding carboxylic acids is 1. The number of carboxylic acids is 1. The molecular formula is C23H26N2O4. The Morgan fingerprint density at radius 3 is 2.38 bits per heavy atom. The van der Waals surface area contributed by atoms with E-state index in [0.717, 1.165) is 19.4 Å². The summed E-state index contributed by atoms with van der Waals surface area (Å²) in [5, 5.41) is 11.8. The van der Waals surface area contributed by atoms with Crippen molar-refractivity contribution in [3.05, 3.63) is 59.7 Å². The van der Waals surface area contributed by atoms with Crippen molar-refractivity contribution in [2.45, 2.75) is 18.8 Å². The van der Waals surface area contributed by atoms with Crippen LogP contribution in [0.1, 0.15) is 29.9 Å². The fourth-order valence-electron chi connectivity index (χ4n) is 4.53. The number of alkyl carbamates (subject to hydrolysis) is 1. The van der Waals surface area contributed by atoms with Gasteiger partial charge in [0.25, 0.3) is 0 Å². The Kier molecular flexibility index (Phi) is 5.81. The van der Waals surface area contributed by atoms with Gasteiger partial charge in [-0.2, -0.15) is 0 Å². The van der Waals surface area contributed by atoms with Gasteiger partial charge in [0.05, 0.1) is 6.54 Å². The normalized spacial score (nSPS) is 18.7. The van der Waals surface area contributed by atoms with Gasteiger partial charge in [-0.1, -0.05) is 48.5 Å². The Labute approximate surface area is 170 Å². The maximum Gasteiger partial charge on any atom is 0.407 e. The highest BCUT2D eigenvalue weighted by Gasteiger charge is 2.29. The predicted molar refractivity (Wildman–Crippen MR) is 110 cm³/mol. The molecule has 1 saturated heterocycles. The first kappa shape index (κ1) is 19.5. The predicted octanol–water partition coefficient (Wildman–Crippen LogP) is 3.32. The second kappa shape index (κ2) is 8.66. The smallest absolute Gasteiger partial charge is 0.407 e. The minimum absolute atomic E-state index is 0.0499. The molecule has 2 aromatic carbocycles. The van der Waals surface area contributed by atoms with Crippen LogP contribution in [-0.4, -0.2) is 54.9 Å². The van der Waals surface area contributed by atoms with Gasteiger partial charge in [0, 0.05) is 19.0 Å². The van der Waals surface area contributed by atoms with Crippen LogP contribution in [0, 0.1) is 5.92 Å². The third-order valence-electron chi connectivity index (χ3n) is 5.84. The first-order valence-corrected chi connectivity index (χ1v) is 10.1. The Morgan fingerprint density at radius 2 is 1.72 bits per heavy atom. The van der Waals surface area contributed by atoms with Gasteiger partial charge in [-0.25, -0.2) is 4.79 Å². The largest absolute Gasteiger partial charge is 0.480 e. The summed E-state index contributed by atoms with van der Waals surface area (Å²) in [5.74, 6) is -0.507. The van der Waals surface area contributed by atoms with Gasteiger partial charge in [0.2, 0.25) is 0 Å². The van der Waals surface area contributed by atoms with Gasteiger partial charge in [-0.15, -0.1) is 0 Å². The number of hydrogen-bond acceptors (Lipinski definition) is 4. The molecule has 152 valence electrons. The Balaban J connectivity index is 1.31. The van der Waals surface area contributed by atoms with E-state index in [1.165, 1.54) is 22.3 Å².